The van der Waals surface area contributed by atoms with E-state index in [0.717, 1.165) is 18.2 Å². The third kappa shape index (κ3) is 3.05. The molecular formula is C14H13F3N2O3. The first-order valence-corrected chi connectivity index (χ1v) is 6.50. The lowest BCUT2D eigenvalue weighted by Gasteiger charge is -2.19. The number of nitrogens with zero attached hydrogens (tertiary/aromatic N) is 2. The third-order valence-corrected chi connectivity index (χ3v) is 3.31. The van der Waals surface area contributed by atoms with Crippen molar-refractivity contribution in [1.29, 1.82) is 5.26 Å². The molecule has 1 unspecified atom stereocenters. The number of carbonyl (C=O) groups is 1. The number of aliphatic hydroxyl groups excluding tert-OH is 1. The molecule has 0 radical (unpaired) electrons. The lowest BCUT2D eigenvalue weighted by atomic mass is 10.0. The standard InChI is InChI=1S/C14H13F3N2O3/c15-14(16,17)9-1-2-10-11(7-9)12(8-18)19(13(10)21)3-5-22-6-4-20/h1-2,7,12,20H,3-6H2. The maximum Gasteiger partial charge on any atom is 0.416 e. The van der Waals surface area contributed by atoms with E-state index >= 15 is 0 Å². The van der Waals surface area contributed by atoms with E-state index in [1.165, 1.54) is 4.90 Å². The first kappa shape index (κ1) is 16.3. The summed E-state index contributed by atoms with van der Waals surface area (Å²) in [6.45, 7) is 0.0624. The van der Waals surface area contributed by atoms with Crippen molar-refractivity contribution < 1.29 is 27.8 Å². The van der Waals surface area contributed by atoms with Gasteiger partial charge in [0.05, 0.1) is 31.5 Å². The van der Waals surface area contributed by atoms with Crippen molar-refractivity contribution in [3.8, 4) is 6.07 Å². The molecule has 1 atom stereocenters. The zero-order valence-corrected chi connectivity index (χ0v) is 11.4. The van der Waals surface area contributed by atoms with E-state index in [1.807, 2.05) is 6.07 Å². The van der Waals surface area contributed by atoms with Gasteiger partial charge in [0, 0.05) is 17.7 Å². The quantitative estimate of drug-likeness (QED) is 0.840. The largest absolute Gasteiger partial charge is 0.416 e. The monoisotopic (exact) mass is 314 g/mol. The van der Waals surface area contributed by atoms with Crippen LogP contribution in [0.5, 0.6) is 0 Å². The molecule has 0 aromatic heterocycles. The fraction of sp³-hybridized carbons (Fsp3) is 0.429. The van der Waals surface area contributed by atoms with Gasteiger partial charge in [-0.2, -0.15) is 18.4 Å². The molecule has 1 heterocycles. The number of benzene rings is 1. The number of carbonyl (C=O) groups excluding carboxylic acids is 1. The van der Waals surface area contributed by atoms with Gasteiger partial charge < -0.3 is 14.7 Å². The summed E-state index contributed by atoms with van der Waals surface area (Å²) in [6.07, 6.45) is -4.53. The van der Waals surface area contributed by atoms with Gasteiger partial charge >= 0.3 is 6.18 Å². The molecule has 0 saturated carbocycles. The van der Waals surface area contributed by atoms with E-state index in [1.54, 1.807) is 0 Å². The lowest BCUT2D eigenvalue weighted by Crippen LogP contribution is -2.31. The summed E-state index contributed by atoms with van der Waals surface area (Å²) in [5.74, 6) is -0.497. The summed E-state index contributed by atoms with van der Waals surface area (Å²) >= 11 is 0. The number of amides is 1. The lowest BCUT2D eigenvalue weighted by molar-refractivity contribution is -0.137. The fourth-order valence-corrected chi connectivity index (χ4v) is 2.30. The minimum atomic E-state index is -4.53. The molecule has 5 nitrogen and oxygen atoms in total. The van der Waals surface area contributed by atoms with Crippen molar-refractivity contribution in [2.45, 2.75) is 12.2 Å². The molecule has 1 aromatic rings. The second kappa shape index (κ2) is 6.34. The van der Waals surface area contributed by atoms with Crippen LogP contribution in [-0.4, -0.2) is 42.3 Å². The third-order valence-electron chi connectivity index (χ3n) is 3.31. The highest BCUT2D eigenvalue weighted by Crippen LogP contribution is 2.37. The number of fused-ring (bicyclic) bond motifs is 1. The molecule has 1 aliphatic heterocycles. The number of nitriles is 1. The average Bonchev–Trinajstić information content (AvgIpc) is 2.74. The summed E-state index contributed by atoms with van der Waals surface area (Å²) in [6, 6.07) is 3.56. The van der Waals surface area contributed by atoms with Crippen LogP contribution in [0.2, 0.25) is 0 Å². The Morgan fingerprint density at radius 3 is 2.68 bits per heavy atom. The van der Waals surface area contributed by atoms with E-state index in [9.17, 15) is 23.2 Å². The molecule has 2 rings (SSSR count). The Bertz CT molecular complexity index is 610. The molecule has 118 valence electrons. The van der Waals surface area contributed by atoms with E-state index in [-0.39, 0.29) is 37.5 Å². The van der Waals surface area contributed by atoms with Gasteiger partial charge in [-0.25, -0.2) is 0 Å². The highest BCUT2D eigenvalue weighted by molar-refractivity contribution is 5.99. The maximum atomic E-state index is 12.7. The van der Waals surface area contributed by atoms with Gasteiger partial charge in [-0.1, -0.05) is 0 Å². The predicted octanol–water partition coefficient (Wildman–Crippen LogP) is 1.73. The van der Waals surface area contributed by atoms with E-state index in [2.05, 4.69) is 0 Å². The minimum absolute atomic E-state index is 0.0597. The second-order valence-corrected chi connectivity index (χ2v) is 4.67. The Morgan fingerprint density at radius 1 is 1.36 bits per heavy atom. The van der Waals surface area contributed by atoms with Crippen LogP contribution in [0, 0.1) is 11.3 Å². The fourth-order valence-electron chi connectivity index (χ4n) is 2.30. The smallest absolute Gasteiger partial charge is 0.394 e. The summed E-state index contributed by atoms with van der Waals surface area (Å²) in [7, 11) is 0. The van der Waals surface area contributed by atoms with Crippen LogP contribution in [-0.2, 0) is 10.9 Å². The van der Waals surface area contributed by atoms with Crippen molar-refractivity contribution in [2.75, 3.05) is 26.4 Å². The number of halogens is 3. The topological polar surface area (TPSA) is 73.6 Å². The summed E-state index contributed by atoms with van der Waals surface area (Å²) in [5, 5.41) is 17.8. The van der Waals surface area contributed by atoms with Crippen molar-refractivity contribution in [2.24, 2.45) is 0 Å². The Labute approximate surface area is 124 Å². The van der Waals surface area contributed by atoms with Gasteiger partial charge in [-0.15, -0.1) is 0 Å². The van der Waals surface area contributed by atoms with Crippen LogP contribution in [0.25, 0.3) is 0 Å². The molecule has 1 amide bonds. The number of ether oxygens (including phenoxy) is 1. The Morgan fingerprint density at radius 2 is 2.09 bits per heavy atom. The Balaban J connectivity index is 2.24. The van der Waals surface area contributed by atoms with Gasteiger partial charge in [0.1, 0.15) is 6.04 Å². The molecular weight excluding hydrogens is 301 g/mol. The van der Waals surface area contributed by atoms with Crippen molar-refractivity contribution in [3.63, 3.8) is 0 Å². The normalized spacial score (nSPS) is 17.5. The first-order chi connectivity index (χ1) is 10.4. The molecule has 1 N–H and O–H groups in total. The Hall–Kier alpha value is -2.11. The first-order valence-electron chi connectivity index (χ1n) is 6.50. The molecule has 8 heteroatoms. The molecule has 0 fully saturated rings. The highest BCUT2D eigenvalue weighted by atomic mass is 19.4. The number of rotatable bonds is 5. The van der Waals surface area contributed by atoms with Crippen LogP contribution in [0.3, 0.4) is 0 Å². The zero-order chi connectivity index (χ0) is 16.3. The second-order valence-electron chi connectivity index (χ2n) is 4.67. The van der Waals surface area contributed by atoms with Crippen molar-refractivity contribution in [3.05, 3.63) is 34.9 Å². The average molecular weight is 314 g/mol. The van der Waals surface area contributed by atoms with Crippen molar-refractivity contribution in [1.82, 2.24) is 4.90 Å². The molecule has 1 aromatic carbocycles. The van der Waals surface area contributed by atoms with Crippen LogP contribution in [0.4, 0.5) is 13.2 Å². The van der Waals surface area contributed by atoms with Gasteiger partial charge in [0.15, 0.2) is 0 Å². The molecule has 1 aliphatic rings. The minimum Gasteiger partial charge on any atom is -0.394 e. The Kier molecular flexibility index (Phi) is 4.68. The predicted molar refractivity (Wildman–Crippen MR) is 68.7 cm³/mol. The summed E-state index contributed by atoms with van der Waals surface area (Å²) in [5.41, 5.74) is -0.733. The van der Waals surface area contributed by atoms with E-state index < -0.39 is 23.7 Å². The van der Waals surface area contributed by atoms with E-state index in [0.29, 0.717) is 0 Å². The number of hydrogen-bond donors (Lipinski definition) is 1. The SMILES string of the molecule is N#CC1c2cc(C(F)(F)F)ccc2C(=O)N1CCOCCO. The zero-order valence-electron chi connectivity index (χ0n) is 11.4. The van der Waals surface area contributed by atoms with Gasteiger partial charge in [0.25, 0.3) is 5.91 Å². The van der Waals surface area contributed by atoms with Crippen LogP contribution in [0.15, 0.2) is 18.2 Å². The van der Waals surface area contributed by atoms with E-state index in [4.69, 9.17) is 9.84 Å². The van der Waals surface area contributed by atoms with Gasteiger partial charge in [-0.3, -0.25) is 4.79 Å². The summed E-state index contributed by atoms with van der Waals surface area (Å²) < 4.78 is 43.3. The van der Waals surface area contributed by atoms with Crippen molar-refractivity contribution >= 4 is 5.91 Å². The van der Waals surface area contributed by atoms with Crippen LogP contribution in [0.1, 0.15) is 27.5 Å². The highest BCUT2D eigenvalue weighted by Gasteiger charge is 2.39. The van der Waals surface area contributed by atoms with Crippen LogP contribution >= 0.6 is 0 Å². The molecule has 0 bridgehead atoms. The molecule has 0 saturated heterocycles. The van der Waals surface area contributed by atoms with Gasteiger partial charge in [0.2, 0.25) is 0 Å². The maximum absolute atomic E-state index is 12.7. The molecule has 0 aliphatic carbocycles. The summed E-state index contributed by atoms with van der Waals surface area (Å²) in [4.78, 5) is 13.3. The number of aliphatic hydroxyl groups is 1. The molecule has 22 heavy (non-hydrogen) atoms. The molecule has 0 spiro atoms. The van der Waals surface area contributed by atoms with Crippen LogP contribution < -0.4 is 0 Å². The number of hydrogen-bond acceptors (Lipinski definition) is 4. The number of alkyl halides is 3. The van der Waals surface area contributed by atoms with Gasteiger partial charge in [-0.05, 0) is 18.2 Å².